The predicted molar refractivity (Wildman–Crippen MR) is 80.7 cm³/mol. The van der Waals surface area contributed by atoms with Crippen LogP contribution in [0.1, 0.15) is 30.6 Å². The van der Waals surface area contributed by atoms with E-state index >= 15 is 0 Å². The highest BCUT2D eigenvalue weighted by Crippen LogP contribution is 2.14. The second-order valence-corrected chi connectivity index (χ2v) is 7.18. The van der Waals surface area contributed by atoms with E-state index < -0.39 is 27.8 Å². The molecule has 0 aliphatic carbocycles. The van der Waals surface area contributed by atoms with Gasteiger partial charge in [0.05, 0.1) is 10.8 Å². The maximum absolute atomic E-state index is 12.2. The number of hydrogen-bond acceptors (Lipinski definition) is 4. The Hall–Kier alpha value is -1.93. The Balaban J connectivity index is 2.89. The van der Waals surface area contributed by atoms with Gasteiger partial charge in [0, 0.05) is 12.1 Å². The average molecular weight is 328 g/mol. The van der Waals surface area contributed by atoms with E-state index in [9.17, 15) is 18.0 Å². The van der Waals surface area contributed by atoms with E-state index in [4.69, 9.17) is 10.8 Å². The van der Waals surface area contributed by atoms with Crippen molar-refractivity contribution >= 4 is 21.9 Å². The van der Waals surface area contributed by atoms with E-state index in [2.05, 4.69) is 4.72 Å². The summed E-state index contributed by atoms with van der Waals surface area (Å²) in [6.45, 7) is 3.51. The van der Waals surface area contributed by atoms with Gasteiger partial charge >= 0.3 is 5.97 Å². The van der Waals surface area contributed by atoms with E-state index in [1.165, 1.54) is 18.2 Å². The van der Waals surface area contributed by atoms with Crippen molar-refractivity contribution in [1.82, 2.24) is 4.72 Å². The highest BCUT2D eigenvalue weighted by Gasteiger charge is 2.23. The van der Waals surface area contributed by atoms with Crippen LogP contribution in [-0.4, -0.2) is 31.9 Å². The van der Waals surface area contributed by atoms with Crippen LogP contribution in [0.2, 0.25) is 0 Å². The minimum Gasteiger partial charge on any atom is -0.481 e. The molecule has 0 heterocycles. The van der Waals surface area contributed by atoms with Gasteiger partial charge in [-0.2, -0.15) is 0 Å². The fraction of sp³-hybridized carbons (Fsp3) is 0.429. The first-order valence-electron chi connectivity index (χ1n) is 6.76. The van der Waals surface area contributed by atoms with Gasteiger partial charge in [0.25, 0.3) is 0 Å². The normalized spacial score (nSPS) is 13.0. The van der Waals surface area contributed by atoms with Crippen molar-refractivity contribution < 1.29 is 23.1 Å². The quantitative estimate of drug-likeness (QED) is 0.651. The van der Waals surface area contributed by atoms with Crippen LogP contribution in [0.3, 0.4) is 0 Å². The molecule has 1 rings (SSSR count). The van der Waals surface area contributed by atoms with Crippen LogP contribution in [0.4, 0.5) is 0 Å². The van der Waals surface area contributed by atoms with E-state index in [0.29, 0.717) is 6.42 Å². The van der Waals surface area contributed by atoms with Gasteiger partial charge in [-0.25, -0.2) is 13.1 Å². The van der Waals surface area contributed by atoms with Gasteiger partial charge in [0.1, 0.15) is 0 Å². The van der Waals surface area contributed by atoms with Crippen LogP contribution in [0, 0.1) is 11.8 Å². The number of amides is 1. The highest BCUT2D eigenvalue weighted by molar-refractivity contribution is 7.89. The van der Waals surface area contributed by atoms with Gasteiger partial charge in [0.15, 0.2) is 0 Å². The zero-order valence-corrected chi connectivity index (χ0v) is 13.3. The van der Waals surface area contributed by atoms with Gasteiger partial charge in [-0.15, -0.1) is 0 Å². The molecule has 0 spiro atoms. The number of carboxylic acids is 1. The smallest absolute Gasteiger partial charge is 0.307 e. The van der Waals surface area contributed by atoms with Crippen molar-refractivity contribution in [1.29, 1.82) is 0 Å². The summed E-state index contributed by atoms with van der Waals surface area (Å²) in [4.78, 5) is 22.1. The Morgan fingerprint density at radius 3 is 2.45 bits per heavy atom. The Morgan fingerprint density at radius 2 is 1.95 bits per heavy atom. The third-order valence-corrected chi connectivity index (χ3v) is 4.48. The second kappa shape index (κ2) is 7.37. The zero-order valence-electron chi connectivity index (χ0n) is 12.4. The first kappa shape index (κ1) is 18.1. The molecule has 0 fully saturated rings. The summed E-state index contributed by atoms with van der Waals surface area (Å²) in [5.74, 6) is -2.47. The first-order valence-corrected chi connectivity index (χ1v) is 8.24. The van der Waals surface area contributed by atoms with Gasteiger partial charge < -0.3 is 10.8 Å². The summed E-state index contributed by atoms with van der Waals surface area (Å²) in [7, 11) is -3.90. The molecule has 1 aromatic rings. The van der Waals surface area contributed by atoms with E-state index in [0.717, 1.165) is 6.07 Å². The topological polar surface area (TPSA) is 127 Å². The minimum absolute atomic E-state index is 0.0693. The molecule has 0 radical (unpaired) electrons. The van der Waals surface area contributed by atoms with Crippen LogP contribution < -0.4 is 10.5 Å². The lowest BCUT2D eigenvalue weighted by molar-refractivity contribution is -0.142. The standard InChI is InChI=1S/C14H20N2O5S/c1-9(2)6-11(14(18)19)8-16-22(20,21)12-5-3-4-10(7-12)13(15)17/h3-5,7,9,11,16H,6,8H2,1-2H3,(H2,15,17)(H,18,19). The number of hydrogen-bond donors (Lipinski definition) is 3. The Bertz CT molecular complexity index is 655. The van der Waals surface area contributed by atoms with Crippen LogP contribution in [0.15, 0.2) is 29.2 Å². The number of carbonyl (C=O) groups excluding carboxylic acids is 1. The number of sulfonamides is 1. The Kier molecular flexibility index (Phi) is 6.07. The summed E-state index contributed by atoms with van der Waals surface area (Å²) < 4.78 is 26.6. The molecule has 0 saturated heterocycles. The molecule has 0 aromatic heterocycles. The third kappa shape index (κ3) is 5.12. The molecule has 1 unspecified atom stereocenters. The number of rotatable bonds is 8. The summed E-state index contributed by atoms with van der Waals surface area (Å²) in [5.41, 5.74) is 5.18. The van der Waals surface area contributed by atoms with Gasteiger partial charge in [0.2, 0.25) is 15.9 Å². The van der Waals surface area contributed by atoms with Crippen LogP contribution in [-0.2, 0) is 14.8 Å². The fourth-order valence-corrected chi connectivity index (χ4v) is 3.08. The molecule has 1 aromatic carbocycles. The fourth-order valence-electron chi connectivity index (χ4n) is 1.95. The lowest BCUT2D eigenvalue weighted by Gasteiger charge is -2.15. The van der Waals surface area contributed by atoms with Gasteiger partial charge in [-0.1, -0.05) is 19.9 Å². The van der Waals surface area contributed by atoms with Crippen LogP contribution in [0.5, 0.6) is 0 Å². The molecule has 0 bridgehead atoms. The molecule has 1 amide bonds. The Morgan fingerprint density at radius 1 is 1.32 bits per heavy atom. The largest absolute Gasteiger partial charge is 0.481 e. The van der Waals surface area contributed by atoms with Crippen molar-refractivity contribution in [2.24, 2.45) is 17.6 Å². The molecule has 8 heteroatoms. The van der Waals surface area contributed by atoms with E-state index in [1.54, 1.807) is 0 Å². The van der Waals surface area contributed by atoms with Crippen molar-refractivity contribution in [3.05, 3.63) is 29.8 Å². The van der Waals surface area contributed by atoms with E-state index in [-0.39, 0.29) is 22.9 Å². The maximum atomic E-state index is 12.2. The lowest BCUT2D eigenvalue weighted by Crippen LogP contribution is -2.33. The minimum atomic E-state index is -3.90. The zero-order chi connectivity index (χ0) is 16.9. The number of aliphatic carboxylic acids is 1. The lowest BCUT2D eigenvalue weighted by atomic mass is 9.98. The molecule has 1 atom stereocenters. The van der Waals surface area contributed by atoms with Crippen molar-refractivity contribution in [3.63, 3.8) is 0 Å². The van der Waals surface area contributed by atoms with Crippen LogP contribution >= 0.6 is 0 Å². The summed E-state index contributed by atoms with van der Waals surface area (Å²) >= 11 is 0. The number of carboxylic acid groups (broad SMARTS) is 1. The monoisotopic (exact) mass is 328 g/mol. The van der Waals surface area contributed by atoms with Crippen molar-refractivity contribution in [2.45, 2.75) is 25.2 Å². The summed E-state index contributed by atoms with van der Waals surface area (Å²) in [5, 5.41) is 9.11. The molecular weight excluding hydrogens is 308 g/mol. The van der Waals surface area contributed by atoms with Crippen LogP contribution in [0.25, 0.3) is 0 Å². The number of nitrogens with one attached hydrogen (secondary N) is 1. The predicted octanol–water partition coefficient (Wildman–Crippen LogP) is 0.811. The second-order valence-electron chi connectivity index (χ2n) is 5.41. The number of benzene rings is 1. The number of carbonyl (C=O) groups is 2. The summed E-state index contributed by atoms with van der Waals surface area (Å²) in [6, 6.07) is 5.27. The molecule has 7 nitrogen and oxygen atoms in total. The highest BCUT2D eigenvalue weighted by atomic mass is 32.2. The maximum Gasteiger partial charge on any atom is 0.307 e. The summed E-state index contributed by atoms with van der Waals surface area (Å²) in [6.07, 6.45) is 0.360. The molecule has 0 aliphatic heterocycles. The number of primary amides is 1. The molecule has 4 N–H and O–H groups in total. The SMILES string of the molecule is CC(C)CC(CNS(=O)(=O)c1cccc(C(N)=O)c1)C(=O)O. The van der Waals surface area contributed by atoms with Gasteiger partial charge in [-0.05, 0) is 30.5 Å². The van der Waals surface area contributed by atoms with E-state index in [1.807, 2.05) is 13.8 Å². The average Bonchev–Trinajstić information content (AvgIpc) is 2.43. The van der Waals surface area contributed by atoms with Crippen molar-refractivity contribution in [2.75, 3.05) is 6.54 Å². The molecule has 0 aliphatic rings. The molecule has 22 heavy (non-hydrogen) atoms. The van der Waals surface area contributed by atoms with Crippen molar-refractivity contribution in [3.8, 4) is 0 Å². The molecular formula is C14H20N2O5S. The molecule has 0 saturated carbocycles. The Labute approximate surface area is 129 Å². The van der Waals surface area contributed by atoms with Gasteiger partial charge in [-0.3, -0.25) is 9.59 Å². The molecule has 122 valence electrons. The number of nitrogens with two attached hydrogens (primary N) is 1. The third-order valence-electron chi connectivity index (χ3n) is 3.05. The first-order chi connectivity index (χ1) is 10.1.